The number of aliphatic hydroxyl groups is 3. The van der Waals surface area contributed by atoms with Crippen molar-refractivity contribution in [1.82, 2.24) is 0 Å². The van der Waals surface area contributed by atoms with Crippen LogP contribution in [0.1, 0.15) is 32.6 Å². The van der Waals surface area contributed by atoms with Crippen molar-refractivity contribution in [2.75, 3.05) is 6.61 Å². The molecule has 106 valence electrons. The van der Waals surface area contributed by atoms with Gasteiger partial charge in [0.05, 0.1) is 12.7 Å². The summed E-state index contributed by atoms with van der Waals surface area (Å²) in [6, 6.07) is 0. The summed E-state index contributed by atoms with van der Waals surface area (Å²) in [6.07, 6.45) is 3.53. The van der Waals surface area contributed by atoms with Crippen LogP contribution in [-0.2, 0) is 4.79 Å². The second-order valence-electron chi connectivity index (χ2n) is 4.37. The van der Waals surface area contributed by atoms with Gasteiger partial charge in [-0.15, -0.1) is 0 Å². The molecule has 0 bridgehead atoms. The molecule has 0 unspecified atom stereocenters. The zero-order chi connectivity index (χ0) is 14.2. The highest BCUT2D eigenvalue weighted by atomic mass is 16.4. The summed E-state index contributed by atoms with van der Waals surface area (Å²) < 4.78 is 0. The van der Waals surface area contributed by atoms with Gasteiger partial charge in [0.1, 0.15) is 6.10 Å². The van der Waals surface area contributed by atoms with Crippen LogP contribution in [0.4, 0.5) is 0 Å². The van der Waals surface area contributed by atoms with Crippen LogP contribution in [-0.4, -0.2) is 50.7 Å². The molecule has 6 N–H and O–H groups in total. The van der Waals surface area contributed by atoms with Gasteiger partial charge in [-0.25, -0.2) is 0 Å². The van der Waals surface area contributed by atoms with Crippen molar-refractivity contribution < 1.29 is 25.2 Å². The zero-order valence-electron chi connectivity index (χ0n) is 10.6. The van der Waals surface area contributed by atoms with Gasteiger partial charge in [-0.2, -0.15) is 0 Å². The molecule has 3 atom stereocenters. The van der Waals surface area contributed by atoms with Gasteiger partial charge in [-0.3, -0.25) is 4.79 Å². The molecule has 0 fully saturated rings. The highest BCUT2D eigenvalue weighted by molar-refractivity contribution is 5.79. The number of rotatable bonds is 9. The number of carbonyl (C=O) groups is 1. The molecule has 6 heteroatoms. The Morgan fingerprint density at radius 1 is 1.39 bits per heavy atom. The van der Waals surface area contributed by atoms with E-state index in [-0.39, 0.29) is 6.42 Å². The Morgan fingerprint density at radius 2 is 2.00 bits per heavy atom. The van der Waals surface area contributed by atoms with Crippen LogP contribution >= 0.6 is 0 Å². The lowest BCUT2D eigenvalue weighted by Crippen LogP contribution is -2.63. The van der Waals surface area contributed by atoms with Crippen molar-refractivity contribution in [2.45, 2.75) is 50.4 Å². The molecule has 18 heavy (non-hydrogen) atoms. The minimum atomic E-state index is -2.24. The van der Waals surface area contributed by atoms with Crippen LogP contribution in [0.15, 0.2) is 12.2 Å². The number of unbranched alkanes of at least 4 members (excludes halogenated alkanes) is 2. The molecular weight excluding hydrogens is 238 g/mol. The lowest BCUT2D eigenvalue weighted by atomic mass is 9.89. The molecule has 0 saturated carbocycles. The Morgan fingerprint density at radius 3 is 2.44 bits per heavy atom. The fraction of sp³-hybridized carbons (Fsp3) is 0.750. The first-order valence-corrected chi connectivity index (χ1v) is 6.04. The van der Waals surface area contributed by atoms with Gasteiger partial charge >= 0.3 is 5.97 Å². The highest BCUT2D eigenvalue weighted by Gasteiger charge is 2.44. The van der Waals surface area contributed by atoms with Crippen molar-refractivity contribution in [2.24, 2.45) is 5.73 Å². The van der Waals surface area contributed by atoms with E-state index in [9.17, 15) is 15.0 Å². The maximum Gasteiger partial charge on any atom is 0.328 e. The molecule has 0 aromatic heterocycles. The third kappa shape index (κ3) is 4.73. The molecule has 0 heterocycles. The highest BCUT2D eigenvalue weighted by Crippen LogP contribution is 2.14. The van der Waals surface area contributed by atoms with E-state index in [0.29, 0.717) is 0 Å². The van der Waals surface area contributed by atoms with E-state index < -0.39 is 30.3 Å². The van der Waals surface area contributed by atoms with Gasteiger partial charge in [-0.05, 0) is 12.8 Å². The smallest absolute Gasteiger partial charge is 0.328 e. The van der Waals surface area contributed by atoms with Crippen molar-refractivity contribution in [3.8, 4) is 0 Å². The summed E-state index contributed by atoms with van der Waals surface area (Å²) >= 11 is 0. The Kier molecular flexibility index (Phi) is 7.77. The Labute approximate surface area is 107 Å². The predicted octanol–water partition coefficient (Wildman–Crippen LogP) is -0.381. The third-order valence-electron chi connectivity index (χ3n) is 2.82. The number of aliphatic carboxylic acids is 1. The number of hydrogen-bond donors (Lipinski definition) is 5. The summed E-state index contributed by atoms with van der Waals surface area (Å²) in [6.45, 7) is 1.11. The van der Waals surface area contributed by atoms with E-state index in [1.54, 1.807) is 6.08 Å². The number of carboxylic acid groups (broad SMARTS) is 1. The Hall–Kier alpha value is -0.950. The molecule has 0 saturated heterocycles. The summed E-state index contributed by atoms with van der Waals surface area (Å²) in [5, 5.41) is 37.0. The molecule has 0 radical (unpaired) electrons. The van der Waals surface area contributed by atoms with E-state index in [4.69, 9.17) is 15.9 Å². The normalized spacial score (nSPS) is 18.5. The van der Waals surface area contributed by atoms with Gasteiger partial charge in [-0.1, -0.05) is 31.9 Å². The molecule has 6 nitrogen and oxygen atoms in total. The molecule has 0 spiro atoms. The van der Waals surface area contributed by atoms with Crippen LogP contribution in [0, 0.1) is 0 Å². The maximum atomic E-state index is 10.8. The summed E-state index contributed by atoms with van der Waals surface area (Å²) in [5.41, 5.74) is 3.11. The van der Waals surface area contributed by atoms with Crippen LogP contribution in [0.2, 0.25) is 0 Å². The average Bonchev–Trinajstić information content (AvgIpc) is 2.36. The second kappa shape index (κ2) is 8.20. The fourth-order valence-electron chi connectivity index (χ4n) is 1.44. The zero-order valence-corrected chi connectivity index (χ0v) is 10.6. The van der Waals surface area contributed by atoms with Crippen LogP contribution in [0.25, 0.3) is 0 Å². The van der Waals surface area contributed by atoms with Crippen molar-refractivity contribution in [1.29, 1.82) is 0 Å². The van der Waals surface area contributed by atoms with Crippen LogP contribution in [0.5, 0.6) is 0 Å². The van der Waals surface area contributed by atoms with Crippen molar-refractivity contribution >= 4 is 5.97 Å². The van der Waals surface area contributed by atoms with E-state index in [0.717, 1.165) is 19.3 Å². The predicted molar refractivity (Wildman–Crippen MR) is 66.9 cm³/mol. The van der Waals surface area contributed by atoms with Crippen molar-refractivity contribution in [3.63, 3.8) is 0 Å². The van der Waals surface area contributed by atoms with Gasteiger partial charge in [0, 0.05) is 0 Å². The number of nitrogens with two attached hydrogens (primary N) is 1. The summed E-state index contributed by atoms with van der Waals surface area (Å²) in [5.74, 6) is -1.55. The summed E-state index contributed by atoms with van der Waals surface area (Å²) in [4.78, 5) is 10.8. The van der Waals surface area contributed by atoms with Crippen LogP contribution in [0.3, 0.4) is 0 Å². The molecule has 0 aromatic carbocycles. The number of allylic oxidation sites excluding steroid dienone is 1. The van der Waals surface area contributed by atoms with Crippen molar-refractivity contribution in [3.05, 3.63) is 12.2 Å². The topological polar surface area (TPSA) is 124 Å². The minimum Gasteiger partial charge on any atom is -0.480 e. The minimum absolute atomic E-state index is 0.0944. The monoisotopic (exact) mass is 261 g/mol. The molecule has 0 rings (SSSR count). The van der Waals surface area contributed by atoms with E-state index in [1.807, 2.05) is 6.08 Å². The van der Waals surface area contributed by atoms with E-state index >= 15 is 0 Å². The van der Waals surface area contributed by atoms with E-state index in [1.165, 1.54) is 0 Å². The SMILES string of the molecule is CCCC/C=C/C[C@@H](O)[C@H](O)[C@@](N)(CO)C(=O)O. The number of hydrogen-bond acceptors (Lipinski definition) is 5. The quantitative estimate of drug-likeness (QED) is 0.285. The molecule has 0 aliphatic rings. The second-order valence-corrected chi connectivity index (χ2v) is 4.37. The largest absolute Gasteiger partial charge is 0.480 e. The fourth-order valence-corrected chi connectivity index (χ4v) is 1.44. The molecule has 0 aliphatic heterocycles. The first-order valence-electron chi connectivity index (χ1n) is 6.04. The van der Waals surface area contributed by atoms with E-state index in [2.05, 4.69) is 6.92 Å². The first kappa shape index (κ1) is 17.1. The molecule has 0 aliphatic carbocycles. The van der Waals surface area contributed by atoms with Crippen LogP contribution < -0.4 is 5.73 Å². The Balaban J connectivity index is 4.36. The number of carboxylic acids is 1. The lowest BCUT2D eigenvalue weighted by Gasteiger charge is -2.30. The molecular formula is C12H23NO5. The summed E-state index contributed by atoms with van der Waals surface area (Å²) in [7, 11) is 0. The van der Waals surface area contributed by atoms with Gasteiger partial charge in [0.2, 0.25) is 0 Å². The third-order valence-corrected chi connectivity index (χ3v) is 2.82. The molecule has 0 aromatic rings. The standard InChI is InChI=1S/C12H23NO5/c1-2-3-4-5-6-7-9(15)10(16)12(13,8-14)11(17)18/h5-6,9-10,14-16H,2-4,7-8,13H2,1H3,(H,17,18)/b6-5+/t9-,10+,12+/m1/s1. The van der Waals surface area contributed by atoms with Gasteiger partial charge in [0.25, 0.3) is 0 Å². The lowest BCUT2D eigenvalue weighted by molar-refractivity contribution is -0.154. The Bertz CT molecular complexity index is 282. The average molecular weight is 261 g/mol. The maximum absolute atomic E-state index is 10.8. The number of aliphatic hydroxyl groups excluding tert-OH is 3. The van der Waals surface area contributed by atoms with Gasteiger partial charge < -0.3 is 26.2 Å². The van der Waals surface area contributed by atoms with Gasteiger partial charge in [0.15, 0.2) is 5.54 Å². The molecule has 0 amide bonds. The first-order chi connectivity index (χ1) is 8.40.